The fourth-order valence-corrected chi connectivity index (χ4v) is 3.79. The normalized spacial score (nSPS) is 22.2. The Kier molecular flexibility index (Phi) is 5.05. The summed E-state index contributed by atoms with van der Waals surface area (Å²) in [5.41, 5.74) is 11.4. The number of benzene rings is 2. The van der Waals surface area contributed by atoms with Crippen LogP contribution in [0.15, 0.2) is 59.7 Å². The summed E-state index contributed by atoms with van der Waals surface area (Å²) in [7, 11) is 1.42. The van der Waals surface area contributed by atoms with Crippen LogP contribution in [0.3, 0.4) is 0 Å². The SMILES string of the molecule is COC(=O)[C@@]1(Cc2cccc(-c3ccccc3)c2)CC[C@H](N=[N+]=[N-])C1. The van der Waals surface area contributed by atoms with Crippen molar-refractivity contribution < 1.29 is 9.53 Å². The zero-order chi connectivity index (χ0) is 17.7. The van der Waals surface area contributed by atoms with Gasteiger partial charge in [-0.1, -0.05) is 59.7 Å². The third kappa shape index (κ3) is 3.67. The molecule has 0 aliphatic heterocycles. The molecule has 0 radical (unpaired) electrons. The lowest BCUT2D eigenvalue weighted by Crippen LogP contribution is -2.32. The first-order chi connectivity index (χ1) is 12.2. The number of nitrogens with zero attached hydrogens (tertiary/aromatic N) is 3. The Hall–Kier alpha value is -2.78. The Morgan fingerprint density at radius 2 is 2.00 bits per heavy atom. The van der Waals surface area contributed by atoms with Gasteiger partial charge in [0.1, 0.15) is 0 Å². The number of rotatable bonds is 5. The molecule has 0 saturated heterocycles. The van der Waals surface area contributed by atoms with Crippen molar-refractivity contribution in [2.75, 3.05) is 7.11 Å². The first-order valence-electron chi connectivity index (χ1n) is 8.44. The summed E-state index contributed by atoms with van der Waals surface area (Å²) in [4.78, 5) is 15.4. The fourth-order valence-electron chi connectivity index (χ4n) is 3.79. The molecule has 1 aliphatic rings. The van der Waals surface area contributed by atoms with Crippen molar-refractivity contribution in [3.63, 3.8) is 0 Å². The highest BCUT2D eigenvalue weighted by atomic mass is 16.5. The standard InChI is InChI=1S/C20H21N3O2/c1-25-19(24)20(11-10-18(14-20)22-23-21)13-15-6-5-9-17(12-15)16-7-3-2-4-8-16/h2-9,12,18H,10-11,13-14H2,1H3/t18-,20+/m0/s1. The van der Waals surface area contributed by atoms with E-state index >= 15 is 0 Å². The van der Waals surface area contributed by atoms with Crippen molar-refractivity contribution in [1.29, 1.82) is 0 Å². The summed E-state index contributed by atoms with van der Waals surface area (Å²) < 4.78 is 5.08. The van der Waals surface area contributed by atoms with Crippen LogP contribution < -0.4 is 0 Å². The van der Waals surface area contributed by atoms with E-state index in [0.717, 1.165) is 23.1 Å². The lowest BCUT2D eigenvalue weighted by atomic mass is 9.79. The predicted molar refractivity (Wildman–Crippen MR) is 96.8 cm³/mol. The van der Waals surface area contributed by atoms with Crippen LogP contribution in [0, 0.1) is 5.41 Å². The molecule has 5 nitrogen and oxygen atoms in total. The highest BCUT2D eigenvalue weighted by molar-refractivity contribution is 5.78. The Morgan fingerprint density at radius 3 is 2.72 bits per heavy atom. The van der Waals surface area contributed by atoms with Crippen LogP contribution in [0.1, 0.15) is 24.8 Å². The van der Waals surface area contributed by atoms with Crippen molar-refractivity contribution in [1.82, 2.24) is 0 Å². The molecule has 0 bridgehead atoms. The predicted octanol–water partition coefficient (Wildman–Crippen LogP) is 4.92. The molecule has 0 unspecified atom stereocenters. The van der Waals surface area contributed by atoms with Gasteiger partial charge in [0.05, 0.1) is 12.5 Å². The van der Waals surface area contributed by atoms with E-state index in [1.54, 1.807) is 0 Å². The number of carbonyl (C=O) groups is 1. The highest BCUT2D eigenvalue weighted by Gasteiger charge is 2.46. The minimum atomic E-state index is -0.608. The van der Waals surface area contributed by atoms with Crippen molar-refractivity contribution >= 4 is 5.97 Å². The summed E-state index contributed by atoms with van der Waals surface area (Å²) in [5.74, 6) is -0.215. The van der Waals surface area contributed by atoms with Crippen LogP contribution in [0.2, 0.25) is 0 Å². The topological polar surface area (TPSA) is 75.1 Å². The molecule has 0 aromatic heterocycles. The quantitative estimate of drug-likeness (QED) is 0.337. The van der Waals surface area contributed by atoms with Crippen LogP contribution in [0.4, 0.5) is 0 Å². The zero-order valence-corrected chi connectivity index (χ0v) is 14.3. The molecule has 25 heavy (non-hydrogen) atoms. The van der Waals surface area contributed by atoms with Gasteiger partial charge in [0.15, 0.2) is 0 Å². The van der Waals surface area contributed by atoms with Crippen molar-refractivity contribution in [3.05, 3.63) is 70.6 Å². The molecular weight excluding hydrogens is 314 g/mol. The van der Waals surface area contributed by atoms with E-state index in [4.69, 9.17) is 10.3 Å². The molecule has 2 aromatic carbocycles. The summed E-state index contributed by atoms with van der Waals surface area (Å²) in [5, 5.41) is 3.82. The molecule has 1 saturated carbocycles. The van der Waals surface area contributed by atoms with Gasteiger partial charge >= 0.3 is 5.97 Å². The molecule has 5 heteroatoms. The first kappa shape index (κ1) is 17.1. The Bertz CT molecular complexity index is 800. The van der Waals surface area contributed by atoms with Crippen LogP contribution in [-0.4, -0.2) is 19.1 Å². The van der Waals surface area contributed by atoms with Crippen molar-refractivity contribution in [2.45, 2.75) is 31.7 Å². The van der Waals surface area contributed by atoms with Gasteiger partial charge in [-0.05, 0) is 47.9 Å². The molecule has 3 rings (SSSR count). The molecule has 128 valence electrons. The highest BCUT2D eigenvalue weighted by Crippen LogP contribution is 2.43. The van der Waals surface area contributed by atoms with E-state index in [9.17, 15) is 4.79 Å². The Morgan fingerprint density at radius 1 is 1.24 bits per heavy atom. The maximum absolute atomic E-state index is 12.5. The zero-order valence-electron chi connectivity index (χ0n) is 14.3. The molecule has 0 N–H and O–H groups in total. The lowest BCUT2D eigenvalue weighted by molar-refractivity contribution is -0.152. The molecule has 1 fully saturated rings. The largest absolute Gasteiger partial charge is 0.469 e. The lowest BCUT2D eigenvalue weighted by Gasteiger charge is -2.26. The number of hydrogen-bond donors (Lipinski definition) is 0. The van der Waals surface area contributed by atoms with Crippen LogP contribution in [0.5, 0.6) is 0 Å². The molecule has 2 aromatic rings. The van der Waals surface area contributed by atoms with Crippen LogP contribution in [0.25, 0.3) is 21.6 Å². The molecule has 1 aliphatic carbocycles. The first-order valence-corrected chi connectivity index (χ1v) is 8.44. The molecule has 0 amide bonds. The van der Waals surface area contributed by atoms with Gasteiger partial charge in [-0.2, -0.15) is 0 Å². The Balaban J connectivity index is 1.88. The van der Waals surface area contributed by atoms with Gasteiger partial charge in [0, 0.05) is 11.0 Å². The van der Waals surface area contributed by atoms with Crippen molar-refractivity contribution in [3.8, 4) is 11.1 Å². The third-order valence-electron chi connectivity index (χ3n) is 4.99. The van der Waals surface area contributed by atoms with Crippen LogP contribution >= 0.6 is 0 Å². The summed E-state index contributed by atoms with van der Waals surface area (Å²) >= 11 is 0. The second kappa shape index (κ2) is 7.41. The molecule has 2 atom stereocenters. The molecule has 0 heterocycles. The average molecular weight is 335 g/mol. The van der Waals surface area contributed by atoms with Crippen molar-refractivity contribution in [2.24, 2.45) is 10.5 Å². The minimum Gasteiger partial charge on any atom is -0.469 e. The number of azide groups is 1. The maximum Gasteiger partial charge on any atom is 0.312 e. The van der Waals surface area contributed by atoms with E-state index < -0.39 is 5.41 Å². The number of hydrogen-bond acceptors (Lipinski definition) is 3. The summed E-state index contributed by atoms with van der Waals surface area (Å²) in [6.07, 6.45) is 2.54. The number of methoxy groups -OCH3 is 1. The van der Waals surface area contributed by atoms with Gasteiger partial charge in [0.2, 0.25) is 0 Å². The maximum atomic E-state index is 12.5. The summed E-state index contributed by atoms with van der Waals surface area (Å²) in [6, 6.07) is 18.3. The van der Waals surface area contributed by atoms with E-state index in [2.05, 4.69) is 34.3 Å². The van der Waals surface area contributed by atoms with E-state index in [1.165, 1.54) is 7.11 Å². The average Bonchev–Trinajstić information content (AvgIpc) is 3.06. The van der Waals surface area contributed by atoms with Gasteiger partial charge in [0.25, 0.3) is 0 Å². The fraction of sp³-hybridized carbons (Fsp3) is 0.350. The van der Waals surface area contributed by atoms with Gasteiger partial charge < -0.3 is 4.74 Å². The Labute approximate surface area is 147 Å². The van der Waals surface area contributed by atoms with Gasteiger partial charge in [-0.3, -0.25) is 4.79 Å². The smallest absolute Gasteiger partial charge is 0.312 e. The van der Waals surface area contributed by atoms with E-state index in [1.807, 2.05) is 30.3 Å². The van der Waals surface area contributed by atoms with Gasteiger partial charge in [-0.15, -0.1) is 0 Å². The van der Waals surface area contributed by atoms with E-state index in [0.29, 0.717) is 19.3 Å². The third-order valence-corrected chi connectivity index (χ3v) is 4.99. The monoisotopic (exact) mass is 335 g/mol. The number of carbonyl (C=O) groups excluding carboxylic acids is 1. The van der Waals surface area contributed by atoms with Gasteiger partial charge in [-0.25, -0.2) is 0 Å². The minimum absolute atomic E-state index is 0.138. The number of esters is 1. The van der Waals surface area contributed by atoms with Crippen LogP contribution in [-0.2, 0) is 16.0 Å². The second-order valence-electron chi connectivity index (χ2n) is 6.62. The molecular formula is C20H21N3O2. The number of ether oxygens (including phenoxy) is 1. The molecule has 0 spiro atoms. The second-order valence-corrected chi connectivity index (χ2v) is 6.62. The van der Waals surface area contributed by atoms with E-state index in [-0.39, 0.29) is 12.0 Å². The summed E-state index contributed by atoms with van der Waals surface area (Å²) in [6.45, 7) is 0.